The zero-order valence-electron chi connectivity index (χ0n) is 30.0. The smallest absolute Gasteiger partial charge is 0.164 e. The van der Waals surface area contributed by atoms with Crippen LogP contribution in [0.1, 0.15) is 6.85 Å². The van der Waals surface area contributed by atoms with Crippen LogP contribution in [0.2, 0.25) is 0 Å². The molecule has 0 spiro atoms. The normalized spacial score (nSPS) is 12.9. The molecule has 0 aliphatic carbocycles. The van der Waals surface area contributed by atoms with Gasteiger partial charge in [0, 0.05) is 27.5 Å². The van der Waals surface area contributed by atoms with Gasteiger partial charge in [0.25, 0.3) is 0 Å². The minimum Gasteiger partial charge on any atom is -0.456 e. The summed E-state index contributed by atoms with van der Waals surface area (Å²) in [5, 5.41) is 3.80. The van der Waals surface area contributed by atoms with Gasteiger partial charge in [-0.25, -0.2) is 15.0 Å². The standard InChI is InChI=1S/C43H27N3O/c1-3-11-28(12-4-1)29-21-23-30(24-22-29)32-17-9-18-35(25-32)42-44-41(31-13-5-2-6-14-31)45-43(46-42)36-19-10-20-38-40(36)37-26-33-15-7-8-16-34(33)27-39(37)47-38/h1-27H/i2D,5D,6D,13D,14D. The molecule has 0 unspecified atom stereocenters. The highest BCUT2D eigenvalue weighted by atomic mass is 16.3. The van der Waals surface area contributed by atoms with Crippen molar-refractivity contribution in [3.8, 4) is 56.4 Å². The summed E-state index contributed by atoms with van der Waals surface area (Å²) in [4.78, 5) is 14.6. The Morgan fingerprint density at radius 3 is 1.81 bits per heavy atom. The quantitative estimate of drug-likeness (QED) is 0.196. The summed E-state index contributed by atoms with van der Waals surface area (Å²) in [6.45, 7) is 0. The Kier molecular flexibility index (Phi) is 5.28. The van der Waals surface area contributed by atoms with Gasteiger partial charge in [-0.2, -0.15) is 0 Å². The predicted octanol–water partition coefficient (Wildman–Crippen LogP) is 11.3. The molecule has 0 aliphatic heterocycles. The lowest BCUT2D eigenvalue weighted by molar-refractivity contribution is 0.669. The van der Waals surface area contributed by atoms with E-state index in [1.54, 1.807) is 0 Å². The van der Waals surface area contributed by atoms with E-state index in [9.17, 15) is 0 Å². The van der Waals surface area contributed by atoms with Gasteiger partial charge in [0.1, 0.15) is 11.2 Å². The number of fused-ring (bicyclic) bond motifs is 4. The van der Waals surface area contributed by atoms with Crippen LogP contribution in [0.4, 0.5) is 0 Å². The van der Waals surface area contributed by atoms with E-state index in [-0.39, 0.29) is 29.3 Å². The molecule has 0 fully saturated rings. The highest BCUT2D eigenvalue weighted by Crippen LogP contribution is 2.38. The topological polar surface area (TPSA) is 51.8 Å². The molecule has 220 valence electrons. The van der Waals surface area contributed by atoms with Crippen molar-refractivity contribution in [2.75, 3.05) is 0 Å². The van der Waals surface area contributed by atoms with Gasteiger partial charge in [-0.15, -0.1) is 0 Å². The van der Waals surface area contributed by atoms with Crippen LogP contribution < -0.4 is 0 Å². The molecule has 0 N–H and O–H groups in total. The van der Waals surface area contributed by atoms with Crippen LogP contribution in [0.15, 0.2) is 168 Å². The molecule has 4 nitrogen and oxygen atoms in total. The van der Waals surface area contributed by atoms with E-state index in [0.717, 1.165) is 43.8 Å². The second kappa shape index (κ2) is 11.2. The Balaban J connectivity index is 1.25. The van der Waals surface area contributed by atoms with E-state index in [2.05, 4.69) is 48.5 Å². The van der Waals surface area contributed by atoms with Crippen LogP contribution in [0.3, 0.4) is 0 Å². The van der Waals surface area contributed by atoms with Gasteiger partial charge < -0.3 is 4.42 Å². The molecule has 0 saturated carbocycles. The molecule has 9 rings (SSSR count). The van der Waals surface area contributed by atoms with Gasteiger partial charge >= 0.3 is 0 Å². The molecule has 0 radical (unpaired) electrons. The average molecular weight is 607 g/mol. The highest BCUT2D eigenvalue weighted by molar-refractivity contribution is 6.15. The van der Waals surface area contributed by atoms with Gasteiger partial charge in [0.2, 0.25) is 0 Å². The highest BCUT2D eigenvalue weighted by Gasteiger charge is 2.18. The van der Waals surface area contributed by atoms with Crippen LogP contribution in [0, 0.1) is 0 Å². The number of rotatable bonds is 5. The SMILES string of the molecule is [2H]c1c([2H])c([2H])c(-c2nc(-c3cccc(-c4ccc(-c5ccccc5)cc4)c3)nc(-c3cccc4oc5cc6ccccc6cc5c34)n2)c([2H])c1[2H]. The number of furan rings is 1. The Morgan fingerprint density at radius 1 is 0.426 bits per heavy atom. The maximum Gasteiger partial charge on any atom is 0.164 e. The summed E-state index contributed by atoms with van der Waals surface area (Å²) in [5.41, 5.74) is 6.80. The van der Waals surface area contributed by atoms with Gasteiger partial charge in [0.15, 0.2) is 17.5 Å². The third-order valence-electron chi connectivity index (χ3n) is 8.41. The zero-order valence-corrected chi connectivity index (χ0v) is 25.0. The fraction of sp³-hybridized carbons (Fsp3) is 0. The van der Waals surface area contributed by atoms with Crippen molar-refractivity contribution in [2.24, 2.45) is 0 Å². The summed E-state index contributed by atoms with van der Waals surface area (Å²) >= 11 is 0. The van der Waals surface area contributed by atoms with Crippen LogP contribution >= 0.6 is 0 Å². The Bertz CT molecular complexity index is 2820. The fourth-order valence-electron chi connectivity index (χ4n) is 6.12. The van der Waals surface area contributed by atoms with Gasteiger partial charge in [-0.3, -0.25) is 0 Å². The van der Waals surface area contributed by atoms with E-state index in [1.165, 1.54) is 0 Å². The lowest BCUT2D eigenvalue weighted by Gasteiger charge is -2.10. The molecular weight excluding hydrogens is 574 g/mol. The molecular formula is C43H27N3O. The van der Waals surface area contributed by atoms with Crippen molar-refractivity contribution in [3.63, 3.8) is 0 Å². The minimum atomic E-state index is -0.485. The number of hydrogen-bond acceptors (Lipinski definition) is 4. The van der Waals surface area contributed by atoms with Crippen molar-refractivity contribution in [2.45, 2.75) is 0 Å². The molecule has 4 heteroatoms. The van der Waals surface area contributed by atoms with Crippen LogP contribution in [-0.4, -0.2) is 15.0 Å². The van der Waals surface area contributed by atoms with Crippen LogP contribution in [0.25, 0.3) is 89.1 Å². The molecule has 47 heavy (non-hydrogen) atoms. The molecule has 0 atom stereocenters. The summed E-state index contributed by atoms with van der Waals surface area (Å²) in [7, 11) is 0. The van der Waals surface area contributed by atoms with Gasteiger partial charge in [-0.05, 0) is 57.3 Å². The summed E-state index contributed by atoms with van der Waals surface area (Å²) in [6, 6.07) is 42.0. The molecule has 0 bridgehead atoms. The first-order valence-electron chi connectivity index (χ1n) is 17.8. The van der Waals surface area contributed by atoms with Crippen molar-refractivity contribution in [1.82, 2.24) is 15.0 Å². The third kappa shape index (κ3) is 4.93. The molecule has 0 amide bonds. The molecule has 0 saturated heterocycles. The van der Waals surface area contributed by atoms with Crippen molar-refractivity contribution < 1.29 is 11.3 Å². The Morgan fingerprint density at radius 2 is 1.02 bits per heavy atom. The molecule has 2 aromatic heterocycles. The lowest BCUT2D eigenvalue weighted by atomic mass is 9.99. The summed E-state index contributed by atoms with van der Waals surface area (Å²) < 4.78 is 48.7. The number of aromatic nitrogens is 3. The lowest BCUT2D eigenvalue weighted by Crippen LogP contribution is -2.00. The first-order chi connectivity index (χ1) is 25.3. The van der Waals surface area contributed by atoms with Crippen molar-refractivity contribution >= 4 is 32.7 Å². The average Bonchev–Trinajstić information content (AvgIpc) is 3.56. The monoisotopic (exact) mass is 606 g/mol. The first kappa shape index (κ1) is 22.2. The maximum absolute atomic E-state index is 8.75. The third-order valence-corrected chi connectivity index (χ3v) is 8.41. The van der Waals surface area contributed by atoms with Crippen LogP contribution in [0.5, 0.6) is 0 Å². The summed E-state index contributed by atoms with van der Waals surface area (Å²) in [5.74, 6) is 0.556. The number of nitrogens with zero attached hydrogens (tertiary/aromatic N) is 3. The van der Waals surface area contributed by atoms with E-state index in [1.807, 2.05) is 84.9 Å². The van der Waals surface area contributed by atoms with Gasteiger partial charge in [0.05, 0.1) is 6.85 Å². The largest absolute Gasteiger partial charge is 0.456 e. The second-order valence-corrected chi connectivity index (χ2v) is 11.3. The molecule has 2 heterocycles. The molecule has 0 aliphatic rings. The van der Waals surface area contributed by atoms with E-state index in [4.69, 9.17) is 26.2 Å². The minimum absolute atomic E-state index is 0.0233. The predicted molar refractivity (Wildman–Crippen MR) is 192 cm³/mol. The summed E-state index contributed by atoms with van der Waals surface area (Å²) in [6.07, 6.45) is 0. The van der Waals surface area contributed by atoms with E-state index in [0.29, 0.717) is 28.1 Å². The van der Waals surface area contributed by atoms with Crippen molar-refractivity contribution in [1.29, 1.82) is 0 Å². The maximum atomic E-state index is 8.75. The molecule has 9 aromatic rings. The fourth-order valence-corrected chi connectivity index (χ4v) is 6.12. The zero-order chi connectivity index (χ0) is 35.5. The van der Waals surface area contributed by atoms with Gasteiger partial charge in [-0.1, -0.05) is 139 Å². The number of hydrogen-bond donors (Lipinski definition) is 0. The van der Waals surface area contributed by atoms with Crippen molar-refractivity contribution in [3.05, 3.63) is 164 Å². The Labute approximate surface area is 278 Å². The Hall–Kier alpha value is -6.39. The van der Waals surface area contributed by atoms with E-state index < -0.39 is 18.1 Å². The van der Waals surface area contributed by atoms with E-state index >= 15 is 0 Å². The van der Waals surface area contributed by atoms with Crippen LogP contribution in [-0.2, 0) is 0 Å². The second-order valence-electron chi connectivity index (χ2n) is 11.3. The first-order valence-corrected chi connectivity index (χ1v) is 15.3. The number of benzene rings is 7. The molecule has 7 aromatic carbocycles.